The molecule has 0 radical (unpaired) electrons. The van der Waals surface area contributed by atoms with Gasteiger partial charge in [0.05, 0.1) is 10.6 Å². The molecule has 22 heavy (non-hydrogen) atoms. The van der Waals surface area contributed by atoms with Crippen molar-refractivity contribution in [1.82, 2.24) is 5.32 Å². The highest BCUT2D eigenvalue weighted by Crippen LogP contribution is 2.37. The van der Waals surface area contributed by atoms with Gasteiger partial charge < -0.3 is 11.1 Å². The Hall–Kier alpha value is -1.81. The van der Waals surface area contributed by atoms with Crippen molar-refractivity contribution >= 4 is 22.2 Å². The summed E-state index contributed by atoms with van der Waals surface area (Å²) in [7, 11) is 0. The van der Waals surface area contributed by atoms with E-state index in [-0.39, 0.29) is 5.91 Å². The number of hydrogen-bond acceptors (Lipinski definition) is 3. The first-order valence-corrected chi connectivity index (χ1v) is 8.60. The van der Waals surface area contributed by atoms with Crippen molar-refractivity contribution in [2.45, 2.75) is 39.7 Å². The summed E-state index contributed by atoms with van der Waals surface area (Å²) < 4.78 is 0. The lowest BCUT2D eigenvalue weighted by molar-refractivity contribution is 0.0951. The molecule has 116 valence electrons. The van der Waals surface area contributed by atoms with E-state index in [4.69, 9.17) is 5.73 Å². The topological polar surface area (TPSA) is 55.1 Å². The van der Waals surface area contributed by atoms with Crippen LogP contribution in [0.15, 0.2) is 24.3 Å². The summed E-state index contributed by atoms with van der Waals surface area (Å²) in [5.74, 6) is 0.652. The van der Waals surface area contributed by atoms with Crippen LogP contribution in [0, 0.1) is 12.8 Å². The lowest BCUT2D eigenvalue weighted by Gasteiger charge is -2.18. The fourth-order valence-electron chi connectivity index (χ4n) is 3.00. The molecule has 1 aliphatic carbocycles. The van der Waals surface area contributed by atoms with Crippen molar-refractivity contribution < 1.29 is 4.79 Å². The van der Waals surface area contributed by atoms with Crippen molar-refractivity contribution in [2.75, 3.05) is 5.73 Å². The molecule has 1 atom stereocenters. The van der Waals surface area contributed by atoms with Gasteiger partial charge in [0.1, 0.15) is 0 Å². The van der Waals surface area contributed by atoms with Crippen molar-refractivity contribution in [1.29, 1.82) is 0 Å². The predicted octanol–water partition coefficient (Wildman–Crippen LogP) is 3.69. The van der Waals surface area contributed by atoms with Gasteiger partial charge in [-0.05, 0) is 43.2 Å². The molecule has 1 aromatic heterocycles. The summed E-state index contributed by atoms with van der Waals surface area (Å²) in [5, 5.41) is 3.68. The number of nitrogens with two attached hydrogens (primary N) is 1. The third-order valence-electron chi connectivity index (χ3n) is 4.34. The molecule has 0 aliphatic heterocycles. The van der Waals surface area contributed by atoms with Crippen LogP contribution in [0.25, 0.3) is 0 Å². The molecule has 3 nitrogen and oxygen atoms in total. The largest absolute Gasteiger partial charge is 0.390 e. The van der Waals surface area contributed by atoms with Crippen LogP contribution in [0.5, 0.6) is 0 Å². The molecule has 0 spiro atoms. The summed E-state index contributed by atoms with van der Waals surface area (Å²) in [4.78, 5) is 13.8. The smallest absolute Gasteiger partial charge is 0.254 e. The number of nitrogens with one attached hydrogen (secondary N) is 1. The fraction of sp³-hybridized carbons (Fsp3) is 0.389. The molecule has 0 fully saturated rings. The highest BCUT2D eigenvalue weighted by Gasteiger charge is 2.26. The Kier molecular flexibility index (Phi) is 4.21. The maximum Gasteiger partial charge on any atom is 0.254 e. The van der Waals surface area contributed by atoms with Gasteiger partial charge in [-0.25, -0.2) is 0 Å². The standard InChI is InChI=1S/C18H22N2OS/c1-11-3-6-13(7-4-11)10-20-18(21)16-14-8-5-12(2)9-15(14)22-17(16)19/h3-4,6-7,12H,5,8-10,19H2,1-2H3,(H,20,21)/t12-/m0/s1. The first kappa shape index (κ1) is 15.1. The second kappa shape index (κ2) is 6.13. The number of carbonyl (C=O) groups is 1. The molecule has 0 saturated carbocycles. The minimum absolute atomic E-state index is 0.0369. The number of hydrogen-bond donors (Lipinski definition) is 2. The SMILES string of the molecule is Cc1ccc(CNC(=O)c2c(N)sc3c2CC[C@H](C)C3)cc1. The van der Waals surface area contributed by atoms with Gasteiger partial charge in [0.15, 0.2) is 0 Å². The number of thiophene rings is 1. The third-order valence-corrected chi connectivity index (χ3v) is 5.42. The second-order valence-electron chi connectivity index (χ2n) is 6.26. The molecule has 3 N–H and O–H groups in total. The number of nitrogen functional groups attached to an aromatic ring is 1. The maximum atomic E-state index is 12.5. The number of carbonyl (C=O) groups excluding carboxylic acids is 1. The van der Waals surface area contributed by atoms with Crippen LogP contribution in [0.4, 0.5) is 5.00 Å². The Balaban J connectivity index is 1.74. The van der Waals surface area contributed by atoms with Crippen LogP contribution in [-0.4, -0.2) is 5.91 Å². The van der Waals surface area contributed by atoms with Gasteiger partial charge in [-0.1, -0.05) is 36.8 Å². The van der Waals surface area contributed by atoms with E-state index in [2.05, 4.69) is 31.3 Å². The summed E-state index contributed by atoms with van der Waals surface area (Å²) in [6.45, 7) is 4.86. The zero-order valence-electron chi connectivity index (χ0n) is 13.1. The first-order valence-electron chi connectivity index (χ1n) is 7.78. The minimum Gasteiger partial charge on any atom is -0.390 e. The number of aryl methyl sites for hydroxylation is 1. The number of benzene rings is 1. The van der Waals surface area contributed by atoms with Crippen LogP contribution in [0.1, 0.15) is 45.3 Å². The molecule has 1 heterocycles. The van der Waals surface area contributed by atoms with Crippen molar-refractivity contribution in [3.63, 3.8) is 0 Å². The van der Waals surface area contributed by atoms with Gasteiger partial charge >= 0.3 is 0 Å². The zero-order valence-corrected chi connectivity index (χ0v) is 13.9. The molecule has 1 aromatic carbocycles. The molecule has 3 rings (SSSR count). The van der Waals surface area contributed by atoms with E-state index in [0.29, 0.717) is 17.5 Å². The average Bonchev–Trinajstić information content (AvgIpc) is 2.81. The van der Waals surface area contributed by atoms with Gasteiger partial charge in [0, 0.05) is 11.4 Å². The summed E-state index contributed by atoms with van der Waals surface area (Å²) in [6, 6.07) is 8.21. The molecule has 1 aliphatic rings. The van der Waals surface area contributed by atoms with Crippen molar-refractivity contribution in [3.05, 3.63) is 51.4 Å². The zero-order chi connectivity index (χ0) is 15.7. The Morgan fingerprint density at radius 2 is 2.09 bits per heavy atom. The molecular weight excluding hydrogens is 292 g/mol. The van der Waals surface area contributed by atoms with Crippen molar-refractivity contribution in [2.24, 2.45) is 5.92 Å². The van der Waals surface area contributed by atoms with Crippen LogP contribution >= 0.6 is 11.3 Å². The second-order valence-corrected chi connectivity index (χ2v) is 7.40. The Morgan fingerprint density at radius 1 is 1.36 bits per heavy atom. The predicted molar refractivity (Wildman–Crippen MR) is 92.3 cm³/mol. The van der Waals surface area contributed by atoms with Crippen LogP contribution < -0.4 is 11.1 Å². The Labute approximate surface area is 135 Å². The quantitative estimate of drug-likeness (QED) is 0.907. The fourth-order valence-corrected chi connectivity index (χ4v) is 4.28. The van der Waals surface area contributed by atoms with Gasteiger partial charge in [0.25, 0.3) is 5.91 Å². The van der Waals surface area contributed by atoms with Crippen molar-refractivity contribution in [3.8, 4) is 0 Å². The van der Waals surface area contributed by atoms with Gasteiger partial charge in [-0.2, -0.15) is 0 Å². The lowest BCUT2D eigenvalue weighted by atomic mass is 9.88. The summed E-state index contributed by atoms with van der Waals surface area (Å²) in [5.41, 5.74) is 10.3. The molecule has 0 saturated heterocycles. The number of fused-ring (bicyclic) bond motifs is 1. The highest BCUT2D eigenvalue weighted by atomic mass is 32.1. The normalized spacial score (nSPS) is 17.1. The number of rotatable bonds is 3. The monoisotopic (exact) mass is 314 g/mol. The first-order chi connectivity index (χ1) is 10.5. The van der Waals surface area contributed by atoms with Gasteiger partial charge in [-0.15, -0.1) is 11.3 Å². The minimum atomic E-state index is -0.0369. The maximum absolute atomic E-state index is 12.5. The van der Waals surface area contributed by atoms with Gasteiger partial charge in [-0.3, -0.25) is 4.79 Å². The number of anilines is 1. The van der Waals surface area contributed by atoms with Crippen LogP contribution in [0.2, 0.25) is 0 Å². The molecular formula is C18H22N2OS. The third kappa shape index (κ3) is 3.02. The van der Waals surface area contributed by atoms with E-state index in [1.807, 2.05) is 12.1 Å². The summed E-state index contributed by atoms with van der Waals surface area (Å²) in [6.07, 6.45) is 3.16. The molecule has 2 aromatic rings. The van der Waals surface area contributed by atoms with Gasteiger partial charge in [0.2, 0.25) is 0 Å². The van der Waals surface area contributed by atoms with Crippen LogP contribution in [-0.2, 0) is 19.4 Å². The molecule has 4 heteroatoms. The van der Waals surface area contributed by atoms with E-state index in [1.165, 1.54) is 16.0 Å². The Morgan fingerprint density at radius 3 is 2.82 bits per heavy atom. The molecule has 0 unspecified atom stereocenters. The van der Waals surface area contributed by atoms with E-state index in [0.717, 1.165) is 30.4 Å². The van der Waals surface area contributed by atoms with E-state index in [9.17, 15) is 4.79 Å². The van der Waals surface area contributed by atoms with E-state index in [1.54, 1.807) is 11.3 Å². The average molecular weight is 314 g/mol. The lowest BCUT2D eigenvalue weighted by Crippen LogP contribution is -2.25. The Bertz CT molecular complexity index is 688. The van der Waals surface area contributed by atoms with E-state index < -0.39 is 0 Å². The van der Waals surface area contributed by atoms with E-state index >= 15 is 0 Å². The molecule has 1 amide bonds. The highest BCUT2D eigenvalue weighted by molar-refractivity contribution is 7.16. The molecule has 0 bridgehead atoms. The number of amides is 1. The van der Waals surface area contributed by atoms with Crippen LogP contribution in [0.3, 0.4) is 0 Å². The summed E-state index contributed by atoms with van der Waals surface area (Å²) >= 11 is 1.59.